The molecule has 0 unspecified atom stereocenters. The fourth-order valence-electron chi connectivity index (χ4n) is 4.03. The van der Waals surface area contributed by atoms with E-state index in [1.54, 1.807) is 31.2 Å². The van der Waals surface area contributed by atoms with Crippen LogP contribution in [0.25, 0.3) is 0 Å². The molecule has 9 heteroatoms. The topological polar surface area (TPSA) is 86.8 Å². The van der Waals surface area contributed by atoms with Crippen LogP contribution < -0.4 is 9.62 Å². The minimum atomic E-state index is -4.24. The summed E-state index contributed by atoms with van der Waals surface area (Å²) >= 11 is 0. The SMILES string of the molecule is CC[C@@H](C)NC(=O)[C@H](C)N(Cc1cccc(C)c1)C(=O)CN(c1ccc(C)cc1)S(=O)(=O)c1ccc(F)cc1. The van der Waals surface area contributed by atoms with E-state index >= 15 is 0 Å². The van der Waals surface area contributed by atoms with Crippen molar-refractivity contribution in [1.29, 1.82) is 0 Å². The smallest absolute Gasteiger partial charge is 0.264 e. The first-order valence-electron chi connectivity index (χ1n) is 12.9. The Morgan fingerprint density at radius 3 is 2.15 bits per heavy atom. The Labute approximate surface area is 230 Å². The van der Waals surface area contributed by atoms with Gasteiger partial charge in [0.2, 0.25) is 11.8 Å². The van der Waals surface area contributed by atoms with Gasteiger partial charge >= 0.3 is 0 Å². The molecule has 3 aromatic rings. The normalized spacial score (nSPS) is 12.9. The molecule has 208 valence electrons. The average Bonchev–Trinajstić information content (AvgIpc) is 2.90. The van der Waals surface area contributed by atoms with Gasteiger partial charge in [-0.15, -0.1) is 0 Å². The van der Waals surface area contributed by atoms with Gasteiger partial charge in [0.05, 0.1) is 10.6 Å². The van der Waals surface area contributed by atoms with Crippen LogP contribution in [0.3, 0.4) is 0 Å². The number of nitrogens with one attached hydrogen (secondary N) is 1. The summed E-state index contributed by atoms with van der Waals surface area (Å²) in [6, 6.07) is 17.8. The second-order valence-electron chi connectivity index (χ2n) is 9.81. The van der Waals surface area contributed by atoms with Gasteiger partial charge in [-0.3, -0.25) is 13.9 Å². The first-order chi connectivity index (χ1) is 18.4. The number of hydrogen-bond acceptors (Lipinski definition) is 4. The van der Waals surface area contributed by atoms with Crippen LogP contribution in [0.1, 0.15) is 43.9 Å². The van der Waals surface area contributed by atoms with Crippen LogP contribution >= 0.6 is 0 Å². The van der Waals surface area contributed by atoms with Crippen molar-refractivity contribution in [3.63, 3.8) is 0 Å². The average molecular weight is 554 g/mol. The Balaban J connectivity index is 2.02. The number of amides is 2. The van der Waals surface area contributed by atoms with Crippen molar-refractivity contribution in [1.82, 2.24) is 10.2 Å². The van der Waals surface area contributed by atoms with E-state index in [2.05, 4.69) is 5.32 Å². The monoisotopic (exact) mass is 553 g/mol. The molecule has 3 aromatic carbocycles. The molecule has 3 rings (SSSR count). The second-order valence-corrected chi connectivity index (χ2v) is 11.7. The van der Waals surface area contributed by atoms with Gasteiger partial charge < -0.3 is 10.2 Å². The molecule has 1 N–H and O–H groups in total. The van der Waals surface area contributed by atoms with Crippen LogP contribution in [-0.2, 0) is 26.2 Å². The van der Waals surface area contributed by atoms with E-state index in [1.807, 2.05) is 52.0 Å². The Morgan fingerprint density at radius 1 is 0.923 bits per heavy atom. The minimum absolute atomic E-state index is 0.0845. The summed E-state index contributed by atoms with van der Waals surface area (Å²) in [4.78, 5) is 28.2. The Bertz CT molecular complexity index is 1390. The lowest BCUT2D eigenvalue weighted by Gasteiger charge is -2.32. The molecule has 0 bridgehead atoms. The molecule has 2 atom stereocenters. The third-order valence-corrected chi connectivity index (χ3v) is 8.39. The number of benzene rings is 3. The molecular weight excluding hydrogens is 517 g/mol. The maximum absolute atomic E-state index is 13.9. The molecular formula is C30H36FN3O4S. The van der Waals surface area contributed by atoms with Gasteiger partial charge in [-0.1, -0.05) is 54.4 Å². The fourth-order valence-corrected chi connectivity index (χ4v) is 5.44. The fraction of sp³-hybridized carbons (Fsp3) is 0.333. The largest absolute Gasteiger partial charge is 0.352 e. The number of hydrogen-bond donors (Lipinski definition) is 1. The van der Waals surface area contributed by atoms with Crippen molar-refractivity contribution in [2.75, 3.05) is 10.8 Å². The van der Waals surface area contributed by atoms with E-state index in [0.717, 1.165) is 39.5 Å². The lowest BCUT2D eigenvalue weighted by Crippen LogP contribution is -2.52. The number of anilines is 1. The number of rotatable bonds is 11. The van der Waals surface area contributed by atoms with Crippen molar-refractivity contribution in [3.05, 3.63) is 95.3 Å². The van der Waals surface area contributed by atoms with Crippen LogP contribution in [0.15, 0.2) is 77.7 Å². The third kappa shape index (κ3) is 7.66. The summed E-state index contributed by atoms with van der Waals surface area (Å²) in [7, 11) is -4.24. The van der Waals surface area contributed by atoms with Crippen molar-refractivity contribution in [2.45, 2.75) is 64.6 Å². The number of halogens is 1. The summed E-state index contributed by atoms with van der Waals surface area (Å²) in [5.74, 6) is -1.44. The van der Waals surface area contributed by atoms with Gasteiger partial charge in [-0.25, -0.2) is 12.8 Å². The molecule has 7 nitrogen and oxygen atoms in total. The number of carbonyl (C=O) groups is 2. The molecule has 0 spiro atoms. The molecule has 0 aliphatic heterocycles. The lowest BCUT2D eigenvalue weighted by molar-refractivity contribution is -0.139. The van der Waals surface area contributed by atoms with Crippen molar-refractivity contribution < 1.29 is 22.4 Å². The van der Waals surface area contributed by atoms with Crippen LogP contribution in [-0.4, -0.2) is 43.8 Å². The van der Waals surface area contributed by atoms with E-state index in [0.29, 0.717) is 0 Å². The maximum atomic E-state index is 13.9. The summed E-state index contributed by atoms with van der Waals surface area (Å²) in [6.45, 7) is 8.84. The molecule has 0 saturated carbocycles. The highest BCUT2D eigenvalue weighted by atomic mass is 32.2. The lowest BCUT2D eigenvalue weighted by atomic mass is 10.1. The number of carbonyl (C=O) groups excluding carboxylic acids is 2. The Morgan fingerprint density at radius 2 is 1.56 bits per heavy atom. The van der Waals surface area contributed by atoms with Crippen molar-refractivity contribution >= 4 is 27.5 Å². The number of sulfonamides is 1. The molecule has 0 saturated heterocycles. The van der Waals surface area contributed by atoms with Gasteiger partial charge in [0.15, 0.2) is 0 Å². The van der Waals surface area contributed by atoms with Crippen LogP contribution in [0.5, 0.6) is 0 Å². The number of aryl methyl sites for hydroxylation is 2. The van der Waals surface area contributed by atoms with E-state index in [9.17, 15) is 22.4 Å². The predicted molar refractivity (Wildman–Crippen MR) is 151 cm³/mol. The molecule has 0 aromatic heterocycles. The summed E-state index contributed by atoms with van der Waals surface area (Å²) < 4.78 is 42.0. The molecule has 0 fully saturated rings. The van der Waals surface area contributed by atoms with E-state index in [4.69, 9.17) is 0 Å². The first kappa shape index (κ1) is 29.8. The summed E-state index contributed by atoms with van der Waals surface area (Å²) in [5.41, 5.74) is 3.01. The molecule has 0 heterocycles. The summed E-state index contributed by atoms with van der Waals surface area (Å²) in [5, 5.41) is 2.91. The first-order valence-corrected chi connectivity index (χ1v) is 14.4. The third-order valence-electron chi connectivity index (χ3n) is 6.61. The summed E-state index contributed by atoms with van der Waals surface area (Å²) in [6.07, 6.45) is 0.724. The molecule has 0 aliphatic carbocycles. The van der Waals surface area contributed by atoms with E-state index in [1.165, 1.54) is 17.0 Å². The van der Waals surface area contributed by atoms with Gasteiger partial charge in [0.25, 0.3) is 10.0 Å². The maximum Gasteiger partial charge on any atom is 0.264 e. The van der Waals surface area contributed by atoms with Crippen LogP contribution in [0, 0.1) is 19.7 Å². The van der Waals surface area contributed by atoms with Gasteiger partial charge in [0, 0.05) is 12.6 Å². The standard InChI is InChI=1S/C30H36FN3O4S/c1-6-23(4)32-30(36)24(5)33(19-25-9-7-8-22(3)18-25)29(35)20-34(27-14-10-21(2)11-15-27)39(37,38)28-16-12-26(31)13-17-28/h7-18,23-24H,6,19-20H2,1-5H3,(H,32,36)/t23-,24+/m1/s1. The zero-order valence-electron chi connectivity index (χ0n) is 23.0. The molecule has 2 amide bonds. The van der Waals surface area contributed by atoms with Gasteiger partial charge in [0.1, 0.15) is 18.4 Å². The van der Waals surface area contributed by atoms with Crippen LogP contribution in [0.4, 0.5) is 10.1 Å². The highest BCUT2D eigenvalue weighted by Gasteiger charge is 2.32. The van der Waals surface area contributed by atoms with Crippen molar-refractivity contribution in [3.8, 4) is 0 Å². The second kappa shape index (κ2) is 12.9. The van der Waals surface area contributed by atoms with Gasteiger partial charge in [-0.05, 0) is 76.1 Å². The zero-order valence-corrected chi connectivity index (χ0v) is 23.8. The Hall–Kier alpha value is -3.72. The predicted octanol–water partition coefficient (Wildman–Crippen LogP) is 4.97. The highest BCUT2D eigenvalue weighted by molar-refractivity contribution is 7.92. The highest BCUT2D eigenvalue weighted by Crippen LogP contribution is 2.25. The Kier molecular flexibility index (Phi) is 9.86. The molecule has 39 heavy (non-hydrogen) atoms. The number of nitrogens with zero attached hydrogens (tertiary/aromatic N) is 2. The van der Waals surface area contributed by atoms with Gasteiger partial charge in [-0.2, -0.15) is 0 Å². The zero-order chi connectivity index (χ0) is 28.7. The van der Waals surface area contributed by atoms with E-state index < -0.39 is 34.3 Å². The van der Waals surface area contributed by atoms with E-state index in [-0.39, 0.29) is 29.1 Å². The quantitative estimate of drug-likeness (QED) is 0.363. The molecule has 0 radical (unpaired) electrons. The molecule has 0 aliphatic rings. The van der Waals surface area contributed by atoms with Crippen LogP contribution in [0.2, 0.25) is 0 Å². The van der Waals surface area contributed by atoms with Crippen molar-refractivity contribution in [2.24, 2.45) is 0 Å². The minimum Gasteiger partial charge on any atom is -0.352 e.